The van der Waals surface area contributed by atoms with Gasteiger partial charge in [-0.15, -0.1) is 0 Å². The molecule has 2 bridgehead atoms. The lowest BCUT2D eigenvalue weighted by Gasteiger charge is -2.22. The Hall–Kier alpha value is -1.94. The van der Waals surface area contributed by atoms with E-state index in [1.54, 1.807) is 6.20 Å². The fourth-order valence-electron chi connectivity index (χ4n) is 4.05. The van der Waals surface area contributed by atoms with Crippen LogP contribution in [-0.4, -0.2) is 33.0 Å². The molecule has 0 aliphatic carbocycles. The second-order valence-corrected chi connectivity index (χ2v) is 6.18. The van der Waals surface area contributed by atoms with Gasteiger partial charge in [-0.25, -0.2) is 0 Å². The van der Waals surface area contributed by atoms with Gasteiger partial charge >= 0.3 is 5.97 Å². The summed E-state index contributed by atoms with van der Waals surface area (Å²) < 4.78 is 0. The number of nitrogens with zero attached hydrogens (tertiary/aromatic N) is 2. The average Bonchev–Trinajstić information content (AvgIpc) is 3.04. The Morgan fingerprint density at radius 2 is 2.24 bits per heavy atom. The molecule has 0 spiro atoms. The Kier molecular flexibility index (Phi) is 2.93. The van der Waals surface area contributed by atoms with E-state index < -0.39 is 5.97 Å². The molecule has 108 valence electrons. The van der Waals surface area contributed by atoms with Crippen molar-refractivity contribution in [1.29, 1.82) is 0 Å². The first-order valence-electron chi connectivity index (χ1n) is 7.54. The number of carbonyl (C=O) groups is 1. The fraction of sp³-hybridized carbons (Fsp3) is 0.412. The Morgan fingerprint density at radius 3 is 3.05 bits per heavy atom. The molecule has 21 heavy (non-hydrogen) atoms. The highest BCUT2D eigenvalue weighted by molar-refractivity contribution is 5.78. The van der Waals surface area contributed by atoms with Crippen molar-refractivity contribution in [3.63, 3.8) is 0 Å². The van der Waals surface area contributed by atoms with Crippen molar-refractivity contribution < 1.29 is 9.90 Å². The molecule has 1 aromatic heterocycles. The highest BCUT2D eigenvalue weighted by Gasteiger charge is 2.48. The maximum atomic E-state index is 11.3. The largest absolute Gasteiger partial charge is 0.481 e. The quantitative estimate of drug-likeness (QED) is 0.940. The number of aliphatic carboxylic acids is 1. The van der Waals surface area contributed by atoms with Crippen LogP contribution >= 0.6 is 0 Å². The van der Waals surface area contributed by atoms with Crippen molar-refractivity contribution in [3.8, 4) is 0 Å². The molecule has 2 saturated heterocycles. The Balaban J connectivity index is 1.59. The number of hydrogen-bond donors (Lipinski definition) is 1. The summed E-state index contributed by atoms with van der Waals surface area (Å²) in [6.45, 7) is 0.851. The SMILES string of the molecule is O=C(O)C1CC2CCC1N2Cc1ccc2ncccc2c1. The monoisotopic (exact) mass is 282 g/mol. The number of carboxylic acid groups (broad SMARTS) is 1. The number of aromatic nitrogens is 1. The van der Waals surface area contributed by atoms with E-state index in [4.69, 9.17) is 0 Å². The summed E-state index contributed by atoms with van der Waals surface area (Å²) in [5, 5.41) is 10.5. The zero-order valence-corrected chi connectivity index (χ0v) is 11.8. The second-order valence-electron chi connectivity index (χ2n) is 6.18. The third-order valence-electron chi connectivity index (χ3n) is 5.03. The normalized spacial score (nSPS) is 28.3. The van der Waals surface area contributed by atoms with Crippen molar-refractivity contribution in [3.05, 3.63) is 42.1 Å². The van der Waals surface area contributed by atoms with Crippen molar-refractivity contribution in [1.82, 2.24) is 9.88 Å². The molecule has 2 aliphatic rings. The van der Waals surface area contributed by atoms with Gasteiger partial charge in [0.05, 0.1) is 11.4 Å². The Morgan fingerprint density at radius 1 is 1.33 bits per heavy atom. The first-order chi connectivity index (χ1) is 10.2. The molecular formula is C17H18N2O2. The van der Waals surface area contributed by atoms with Crippen molar-refractivity contribution >= 4 is 16.9 Å². The lowest BCUT2D eigenvalue weighted by atomic mass is 9.89. The van der Waals surface area contributed by atoms with Crippen LogP contribution in [0.25, 0.3) is 10.9 Å². The summed E-state index contributed by atoms with van der Waals surface area (Å²) in [7, 11) is 0. The molecule has 0 amide bonds. The maximum Gasteiger partial charge on any atom is 0.308 e. The molecule has 2 aliphatic heterocycles. The third kappa shape index (κ3) is 2.10. The third-order valence-corrected chi connectivity index (χ3v) is 5.03. The minimum absolute atomic E-state index is 0.175. The van der Waals surface area contributed by atoms with Gasteiger partial charge in [-0.2, -0.15) is 0 Å². The van der Waals surface area contributed by atoms with Gasteiger partial charge in [0.25, 0.3) is 0 Å². The van der Waals surface area contributed by atoms with Crippen molar-refractivity contribution in [2.75, 3.05) is 0 Å². The van der Waals surface area contributed by atoms with Crippen LogP contribution in [0, 0.1) is 5.92 Å². The number of fused-ring (bicyclic) bond motifs is 3. The predicted molar refractivity (Wildman–Crippen MR) is 79.8 cm³/mol. The summed E-state index contributed by atoms with van der Waals surface area (Å²) >= 11 is 0. The zero-order valence-electron chi connectivity index (χ0n) is 11.8. The summed E-state index contributed by atoms with van der Waals surface area (Å²) in [6.07, 6.45) is 4.79. The van der Waals surface area contributed by atoms with E-state index in [1.807, 2.05) is 6.07 Å². The molecule has 2 aromatic rings. The van der Waals surface area contributed by atoms with Gasteiger partial charge in [0.15, 0.2) is 0 Å². The van der Waals surface area contributed by atoms with Crippen LogP contribution in [0.15, 0.2) is 36.5 Å². The molecule has 4 heteroatoms. The van der Waals surface area contributed by atoms with E-state index >= 15 is 0 Å². The summed E-state index contributed by atoms with van der Waals surface area (Å²) in [5.74, 6) is -0.805. The van der Waals surface area contributed by atoms with E-state index in [0.717, 1.165) is 36.7 Å². The van der Waals surface area contributed by atoms with Gasteiger partial charge < -0.3 is 5.11 Å². The Bertz CT molecular complexity index is 700. The molecule has 3 unspecified atom stereocenters. The van der Waals surface area contributed by atoms with Gasteiger partial charge in [-0.05, 0) is 43.0 Å². The van der Waals surface area contributed by atoms with Gasteiger partial charge in [0.2, 0.25) is 0 Å². The predicted octanol–water partition coefficient (Wildman–Crippen LogP) is 2.67. The number of hydrogen-bond acceptors (Lipinski definition) is 3. The summed E-state index contributed by atoms with van der Waals surface area (Å²) in [4.78, 5) is 18.1. The van der Waals surface area contributed by atoms with E-state index in [1.165, 1.54) is 5.56 Å². The molecule has 3 heterocycles. The van der Waals surface area contributed by atoms with E-state index in [0.29, 0.717) is 6.04 Å². The number of carboxylic acids is 1. The molecule has 1 aromatic carbocycles. The van der Waals surface area contributed by atoms with E-state index in [-0.39, 0.29) is 12.0 Å². The van der Waals surface area contributed by atoms with Gasteiger partial charge in [0.1, 0.15) is 0 Å². The van der Waals surface area contributed by atoms with Crippen LogP contribution in [-0.2, 0) is 11.3 Å². The highest BCUT2D eigenvalue weighted by atomic mass is 16.4. The van der Waals surface area contributed by atoms with Gasteiger partial charge in [0, 0.05) is 30.2 Å². The number of pyridine rings is 1. The molecule has 4 nitrogen and oxygen atoms in total. The molecule has 1 N–H and O–H groups in total. The van der Waals surface area contributed by atoms with Crippen molar-refractivity contribution in [2.45, 2.75) is 37.9 Å². The zero-order chi connectivity index (χ0) is 14.4. The van der Waals surface area contributed by atoms with Crippen LogP contribution in [0.4, 0.5) is 0 Å². The standard InChI is InChI=1S/C17H18N2O2/c20-17(21)14-9-13-4-6-16(14)19(13)10-11-3-5-15-12(8-11)2-1-7-18-15/h1-3,5,7-8,13-14,16H,4,6,9-10H2,(H,20,21). The molecule has 3 atom stereocenters. The minimum Gasteiger partial charge on any atom is -0.481 e. The summed E-state index contributed by atoms with van der Waals surface area (Å²) in [5.41, 5.74) is 2.26. The van der Waals surface area contributed by atoms with Crippen LogP contribution in [0.5, 0.6) is 0 Å². The summed E-state index contributed by atoms with van der Waals surface area (Å²) in [6, 6.07) is 11.0. The van der Waals surface area contributed by atoms with Crippen LogP contribution in [0.1, 0.15) is 24.8 Å². The van der Waals surface area contributed by atoms with E-state index in [9.17, 15) is 9.90 Å². The lowest BCUT2D eigenvalue weighted by molar-refractivity contribution is -0.142. The van der Waals surface area contributed by atoms with Crippen molar-refractivity contribution in [2.24, 2.45) is 5.92 Å². The first-order valence-corrected chi connectivity index (χ1v) is 7.54. The molecule has 0 saturated carbocycles. The number of benzene rings is 1. The van der Waals surface area contributed by atoms with Gasteiger partial charge in [-0.1, -0.05) is 12.1 Å². The molecule has 0 radical (unpaired) electrons. The van der Waals surface area contributed by atoms with Crippen LogP contribution < -0.4 is 0 Å². The molecule has 4 rings (SSSR count). The minimum atomic E-state index is -0.630. The fourth-order valence-corrected chi connectivity index (χ4v) is 4.05. The average molecular weight is 282 g/mol. The maximum absolute atomic E-state index is 11.3. The van der Waals surface area contributed by atoms with Crippen LogP contribution in [0.2, 0.25) is 0 Å². The smallest absolute Gasteiger partial charge is 0.308 e. The number of rotatable bonds is 3. The van der Waals surface area contributed by atoms with E-state index in [2.05, 4.69) is 34.1 Å². The molecular weight excluding hydrogens is 264 g/mol. The lowest BCUT2D eigenvalue weighted by Crippen LogP contribution is -2.32. The first kappa shape index (κ1) is 12.8. The highest BCUT2D eigenvalue weighted by Crippen LogP contribution is 2.42. The Labute approximate surface area is 123 Å². The second kappa shape index (κ2) is 4.81. The van der Waals surface area contributed by atoms with Gasteiger partial charge in [-0.3, -0.25) is 14.7 Å². The van der Waals surface area contributed by atoms with Crippen LogP contribution in [0.3, 0.4) is 0 Å². The topological polar surface area (TPSA) is 53.4 Å². The molecule has 2 fully saturated rings.